The van der Waals surface area contributed by atoms with Gasteiger partial charge in [0.25, 0.3) is 5.56 Å². The molecule has 29 heavy (non-hydrogen) atoms. The summed E-state index contributed by atoms with van der Waals surface area (Å²) in [6.45, 7) is 1.89. The van der Waals surface area contributed by atoms with Gasteiger partial charge in [0, 0.05) is 11.4 Å². The molecule has 2 aromatic carbocycles. The monoisotopic (exact) mass is 387 g/mol. The molecule has 5 nitrogen and oxygen atoms in total. The second-order valence-corrected chi connectivity index (χ2v) is 8.23. The average Bonchev–Trinajstić information content (AvgIpc) is 3.57. The lowest BCUT2D eigenvalue weighted by Gasteiger charge is -2.36. The maximum Gasteiger partial charge on any atom is 0.275 e. The normalized spacial score (nSPS) is 18.4. The van der Waals surface area contributed by atoms with E-state index in [1.807, 2.05) is 31.2 Å². The zero-order valence-electron chi connectivity index (χ0n) is 16.7. The first-order valence-corrected chi connectivity index (χ1v) is 10.5. The summed E-state index contributed by atoms with van der Waals surface area (Å²) in [6, 6.07) is 16.3. The smallest absolute Gasteiger partial charge is 0.275 e. The van der Waals surface area contributed by atoms with Crippen molar-refractivity contribution in [2.45, 2.75) is 57.7 Å². The average molecular weight is 387 g/mol. The highest BCUT2D eigenvalue weighted by atomic mass is 16.2. The van der Waals surface area contributed by atoms with Crippen molar-refractivity contribution in [2.24, 2.45) is 0 Å². The SMILES string of the molecule is Cc1nn(CC(=O)N(C2CC2)C2CCCc3ccccc32)c(=O)c2ccccc12. The van der Waals surface area contributed by atoms with Crippen molar-refractivity contribution in [3.8, 4) is 0 Å². The van der Waals surface area contributed by atoms with Gasteiger partial charge in [0.2, 0.25) is 5.91 Å². The molecule has 1 heterocycles. The maximum atomic E-state index is 13.4. The Morgan fingerprint density at radius 3 is 2.59 bits per heavy atom. The highest BCUT2D eigenvalue weighted by molar-refractivity contribution is 5.84. The van der Waals surface area contributed by atoms with Crippen molar-refractivity contribution >= 4 is 16.7 Å². The van der Waals surface area contributed by atoms with Gasteiger partial charge in [-0.1, -0.05) is 42.5 Å². The van der Waals surface area contributed by atoms with Crippen LogP contribution in [0.15, 0.2) is 53.3 Å². The third kappa shape index (κ3) is 3.24. The number of rotatable bonds is 4. The van der Waals surface area contributed by atoms with Gasteiger partial charge in [-0.3, -0.25) is 9.59 Å². The van der Waals surface area contributed by atoms with Gasteiger partial charge in [-0.15, -0.1) is 0 Å². The number of hydrogen-bond donors (Lipinski definition) is 0. The van der Waals surface area contributed by atoms with Gasteiger partial charge in [0.1, 0.15) is 6.54 Å². The molecule has 5 rings (SSSR count). The van der Waals surface area contributed by atoms with Crippen LogP contribution < -0.4 is 5.56 Å². The number of fused-ring (bicyclic) bond motifs is 2. The van der Waals surface area contributed by atoms with Gasteiger partial charge in [-0.25, -0.2) is 4.68 Å². The third-order valence-corrected chi connectivity index (χ3v) is 6.24. The molecule has 1 aromatic heterocycles. The molecule has 1 amide bonds. The van der Waals surface area contributed by atoms with E-state index >= 15 is 0 Å². The van der Waals surface area contributed by atoms with Gasteiger partial charge in [0.05, 0.1) is 17.1 Å². The Morgan fingerprint density at radius 2 is 1.79 bits per heavy atom. The molecule has 0 spiro atoms. The molecule has 0 bridgehead atoms. The van der Waals surface area contributed by atoms with Gasteiger partial charge >= 0.3 is 0 Å². The van der Waals surface area contributed by atoms with Crippen LogP contribution in [-0.2, 0) is 17.8 Å². The number of hydrogen-bond acceptors (Lipinski definition) is 3. The van der Waals surface area contributed by atoms with Crippen LogP contribution in [0.4, 0.5) is 0 Å². The molecule has 1 unspecified atom stereocenters. The van der Waals surface area contributed by atoms with Crippen molar-refractivity contribution in [1.82, 2.24) is 14.7 Å². The summed E-state index contributed by atoms with van der Waals surface area (Å²) in [5, 5.41) is 5.92. The Kier molecular flexibility index (Phi) is 4.46. The van der Waals surface area contributed by atoms with E-state index in [1.165, 1.54) is 15.8 Å². The Morgan fingerprint density at radius 1 is 1.07 bits per heavy atom. The van der Waals surface area contributed by atoms with Crippen LogP contribution in [0, 0.1) is 6.92 Å². The molecule has 5 heteroatoms. The minimum atomic E-state index is -0.195. The highest BCUT2D eigenvalue weighted by Crippen LogP contribution is 2.40. The first-order valence-electron chi connectivity index (χ1n) is 10.5. The Labute approximate surface area is 170 Å². The van der Waals surface area contributed by atoms with E-state index in [9.17, 15) is 9.59 Å². The molecule has 0 saturated heterocycles. The summed E-state index contributed by atoms with van der Waals surface area (Å²) < 4.78 is 1.35. The first-order chi connectivity index (χ1) is 14.1. The standard InChI is InChI=1S/C24H25N3O2/c1-16-19-9-4-5-11-21(19)24(29)26(25-16)15-23(28)27(18-13-14-18)22-12-6-8-17-7-2-3-10-20(17)22/h2-5,7,9-11,18,22H,6,8,12-15H2,1H3. The van der Waals surface area contributed by atoms with Gasteiger partial charge < -0.3 is 4.90 Å². The number of carbonyl (C=O) groups excluding carboxylic acids is 1. The van der Waals surface area contributed by atoms with E-state index in [2.05, 4.69) is 34.3 Å². The molecule has 0 N–H and O–H groups in total. The number of nitrogens with zero attached hydrogens (tertiary/aromatic N) is 3. The quantitative estimate of drug-likeness (QED) is 0.685. The molecule has 1 atom stereocenters. The highest BCUT2D eigenvalue weighted by Gasteiger charge is 2.39. The van der Waals surface area contributed by atoms with Crippen molar-refractivity contribution in [3.63, 3.8) is 0 Å². The molecule has 2 aliphatic rings. The van der Waals surface area contributed by atoms with Crippen molar-refractivity contribution < 1.29 is 4.79 Å². The summed E-state index contributed by atoms with van der Waals surface area (Å²) in [4.78, 5) is 28.4. The van der Waals surface area contributed by atoms with Crippen LogP contribution >= 0.6 is 0 Å². The van der Waals surface area contributed by atoms with E-state index in [0.717, 1.165) is 43.2 Å². The minimum Gasteiger partial charge on any atom is -0.331 e. The number of aromatic nitrogens is 2. The molecule has 1 fully saturated rings. The van der Waals surface area contributed by atoms with Gasteiger partial charge in [0.15, 0.2) is 0 Å². The number of aryl methyl sites for hydroxylation is 2. The van der Waals surface area contributed by atoms with E-state index < -0.39 is 0 Å². The van der Waals surface area contributed by atoms with Gasteiger partial charge in [-0.05, 0) is 56.2 Å². The van der Waals surface area contributed by atoms with E-state index in [1.54, 1.807) is 0 Å². The Bertz CT molecular complexity index is 1150. The number of carbonyl (C=O) groups is 1. The maximum absolute atomic E-state index is 13.4. The molecular weight excluding hydrogens is 362 g/mol. The molecule has 148 valence electrons. The van der Waals surface area contributed by atoms with Crippen LogP contribution in [0.1, 0.15) is 48.5 Å². The van der Waals surface area contributed by atoms with Crippen LogP contribution in [-0.4, -0.2) is 26.6 Å². The lowest BCUT2D eigenvalue weighted by atomic mass is 9.86. The molecule has 2 aliphatic carbocycles. The number of amides is 1. The summed E-state index contributed by atoms with van der Waals surface area (Å²) in [6.07, 6.45) is 5.24. The predicted molar refractivity (Wildman–Crippen MR) is 113 cm³/mol. The topological polar surface area (TPSA) is 55.2 Å². The van der Waals surface area contributed by atoms with Crippen LogP contribution in [0.5, 0.6) is 0 Å². The summed E-state index contributed by atoms with van der Waals surface area (Å²) in [5.74, 6) is -0.00140. The van der Waals surface area contributed by atoms with E-state index in [0.29, 0.717) is 5.39 Å². The molecule has 0 radical (unpaired) electrons. The fourth-order valence-corrected chi connectivity index (χ4v) is 4.72. The third-order valence-electron chi connectivity index (χ3n) is 6.24. The first kappa shape index (κ1) is 18.1. The molecular formula is C24H25N3O2. The predicted octanol–water partition coefficient (Wildman–Crippen LogP) is 3.77. The summed E-state index contributed by atoms with van der Waals surface area (Å²) >= 11 is 0. The zero-order chi connectivity index (χ0) is 20.0. The summed E-state index contributed by atoms with van der Waals surface area (Å²) in [5.41, 5.74) is 3.20. The second-order valence-electron chi connectivity index (χ2n) is 8.23. The van der Waals surface area contributed by atoms with Crippen molar-refractivity contribution in [2.75, 3.05) is 0 Å². The van der Waals surface area contributed by atoms with E-state index in [4.69, 9.17) is 0 Å². The Hall–Kier alpha value is -2.95. The van der Waals surface area contributed by atoms with E-state index in [-0.39, 0.29) is 30.1 Å². The molecule has 3 aromatic rings. The van der Waals surface area contributed by atoms with Crippen molar-refractivity contribution in [1.29, 1.82) is 0 Å². The minimum absolute atomic E-state index is 0.000323. The van der Waals surface area contributed by atoms with Gasteiger partial charge in [-0.2, -0.15) is 5.10 Å². The number of benzene rings is 2. The van der Waals surface area contributed by atoms with Crippen LogP contribution in [0.2, 0.25) is 0 Å². The largest absolute Gasteiger partial charge is 0.331 e. The molecule has 1 saturated carbocycles. The second kappa shape index (κ2) is 7.14. The fraction of sp³-hybridized carbons (Fsp3) is 0.375. The lowest BCUT2D eigenvalue weighted by molar-refractivity contribution is -0.135. The van der Waals surface area contributed by atoms with Crippen molar-refractivity contribution in [3.05, 3.63) is 75.7 Å². The fourth-order valence-electron chi connectivity index (χ4n) is 4.72. The zero-order valence-corrected chi connectivity index (χ0v) is 16.7. The summed E-state index contributed by atoms with van der Waals surface area (Å²) in [7, 11) is 0. The van der Waals surface area contributed by atoms with Crippen LogP contribution in [0.3, 0.4) is 0 Å². The molecule has 0 aliphatic heterocycles. The Balaban J connectivity index is 1.49. The lowest BCUT2D eigenvalue weighted by Crippen LogP contribution is -2.42. The van der Waals surface area contributed by atoms with Crippen LogP contribution in [0.25, 0.3) is 10.8 Å².